The molecular formula is C16H33ClO. The van der Waals surface area contributed by atoms with E-state index < -0.39 is 0 Å². The maximum absolute atomic E-state index is 9.41. The van der Waals surface area contributed by atoms with E-state index >= 15 is 0 Å². The number of hydrogen-bond donors (Lipinski definition) is 1. The molecule has 0 bridgehead atoms. The number of aliphatic hydroxyl groups excluding tert-OH is 1. The molecule has 0 saturated carbocycles. The number of rotatable bonds is 12. The molecule has 0 aromatic rings. The summed E-state index contributed by atoms with van der Waals surface area (Å²) >= 11 is 6.15. The molecule has 0 amide bonds. The smallest absolute Gasteiger partial charge is 0.0537 e. The van der Waals surface area contributed by atoms with E-state index in [9.17, 15) is 5.11 Å². The zero-order valence-electron chi connectivity index (χ0n) is 12.7. The van der Waals surface area contributed by atoms with Crippen molar-refractivity contribution < 1.29 is 5.11 Å². The van der Waals surface area contributed by atoms with Gasteiger partial charge >= 0.3 is 0 Å². The molecule has 1 atom stereocenters. The summed E-state index contributed by atoms with van der Waals surface area (Å²) in [5.41, 5.74) is 0. The fourth-order valence-electron chi connectivity index (χ4n) is 2.19. The van der Waals surface area contributed by atoms with Crippen LogP contribution in [0.15, 0.2) is 0 Å². The first-order valence-corrected chi connectivity index (χ1v) is 8.20. The molecule has 0 aromatic heterocycles. The Morgan fingerprint density at radius 2 is 1.33 bits per heavy atom. The van der Waals surface area contributed by atoms with Crippen LogP contribution in [0.1, 0.15) is 91.4 Å². The highest BCUT2D eigenvalue weighted by molar-refractivity contribution is 6.23. The van der Waals surface area contributed by atoms with Gasteiger partial charge in [-0.15, -0.1) is 11.6 Å². The molecule has 2 heteroatoms. The highest BCUT2D eigenvalue weighted by atomic mass is 35.5. The van der Waals surface area contributed by atoms with Crippen LogP contribution in [0.3, 0.4) is 0 Å². The van der Waals surface area contributed by atoms with Gasteiger partial charge in [0.2, 0.25) is 0 Å². The minimum atomic E-state index is -0.0658. The second-order valence-electron chi connectivity index (χ2n) is 6.15. The number of hydrogen-bond acceptors (Lipinski definition) is 1. The van der Waals surface area contributed by atoms with Gasteiger partial charge in [0.15, 0.2) is 0 Å². The lowest BCUT2D eigenvalue weighted by atomic mass is 10.0. The molecule has 0 saturated heterocycles. The van der Waals surface area contributed by atoms with E-state index in [-0.39, 0.29) is 11.0 Å². The number of alkyl halides is 1. The molecule has 18 heavy (non-hydrogen) atoms. The first kappa shape index (κ1) is 18.2. The summed E-state index contributed by atoms with van der Waals surface area (Å²) in [5, 5.41) is 9.41. The van der Waals surface area contributed by atoms with Crippen LogP contribution in [0.5, 0.6) is 0 Å². The molecule has 0 heterocycles. The summed E-state index contributed by atoms with van der Waals surface area (Å²) in [4.78, 5) is -0.0138. The van der Waals surface area contributed by atoms with E-state index in [0.29, 0.717) is 0 Å². The average molecular weight is 277 g/mol. The van der Waals surface area contributed by atoms with Crippen LogP contribution in [0, 0.1) is 0 Å². The van der Waals surface area contributed by atoms with Crippen molar-refractivity contribution in [2.45, 2.75) is 102 Å². The Hall–Kier alpha value is 0.250. The summed E-state index contributed by atoms with van der Waals surface area (Å²) in [6.45, 7) is 6.24. The lowest BCUT2D eigenvalue weighted by Gasteiger charge is -2.14. The average Bonchev–Trinajstić information content (AvgIpc) is 2.29. The second-order valence-corrected chi connectivity index (χ2v) is 7.17. The van der Waals surface area contributed by atoms with Gasteiger partial charge in [-0.2, -0.15) is 0 Å². The molecular weight excluding hydrogens is 244 g/mol. The van der Waals surface area contributed by atoms with Crippen molar-refractivity contribution >= 4 is 11.6 Å². The standard InChI is InChI=1S/C16H33ClO/c1-4-15(18)13-11-9-7-5-6-8-10-12-14-16(2,3)17/h15,18H,4-14H2,1-3H3. The second kappa shape index (κ2) is 11.1. The van der Waals surface area contributed by atoms with Crippen LogP contribution in [-0.2, 0) is 0 Å². The monoisotopic (exact) mass is 276 g/mol. The fraction of sp³-hybridized carbons (Fsp3) is 1.00. The maximum atomic E-state index is 9.41. The predicted octanol–water partition coefficient (Wildman–Crippen LogP) is 5.68. The Labute approximate surface area is 119 Å². The van der Waals surface area contributed by atoms with Crippen molar-refractivity contribution in [3.05, 3.63) is 0 Å². The largest absolute Gasteiger partial charge is 0.393 e. The fourth-order valence-corrected chi connectivity index (χ4v) is 2.32. The molecule has 0 rings (SSSR count). The SMILES string of the molecule is CCC(O)CCCCCCCCCCC(C)(C)Cl. The lowest BCUT2D eigenvalue weighted by Crippen LogP contribution is -2.08. The van der Waals surface area contributed by atoms with Gasteiger partial charge in [-0.25, -0.2) is 0 Å². The number of aliphatic hydroxyl groups is 1. The van der Waals surface area contributed by atoms with Crippen molar-refractivity contribution in [2.24, 2.45) is 0 Å². The number of unbranched alkanes of at least 4 members (excludes halogenated alkanes) is 7. The summed E-state index contributed by atoms with van der Waals surface area (Å²) in [6.07, 6.45) is 13.4. The van der Waals surface area contributed by atoms with E-state index in [4.69, 9.17) is 11.6 Å². The van der Waals surface area contributed by atoms with Crippen LogP contribution in [-0.4, -0.2) is 16.1 Å². The quantitative estimate of drug-likeness (QED) is 0.359. The van der Waals surface area contributed by atoms with Gasteiger partial charge in [-0.3, -0.25) is 0 Å². The van der Waals surface area contributed by atoms with Gasteiger partial charge in [0.25, 0.3) is 0 Å². The van der Waals surface area contributed by atoms with Crippen LogP contribution in [0.25, 0.3) is 0 Å². The Morgan fingerprint density at radius 3 is 1.78 bits per heavy atom. The van der Waals surface area contributed by atoms with Crippen LogP contribution < -0.4 is 0 Å². The highest BCUT2D eigenvalue weighted by Crippen LogP contribution is 2.21. The third-order valence-corrected chi connectivity index (χ3v) is 3.72. The van der Waals surface area contributed by atoms with Crippen LogP contribution >= 0.6 is 11.6 Å². The summed E-state index contributed by atoms with van der Waals surface area (Å²) < 4.78 is 0. The molecule has 110 valence electrons. The minimum Gasteiger partial charge on any atom is -0.393 e. The first-order chi connectivity index (χ1) is 8.45. The molecule has 0 fully saturated rings. The van der Waals surface area contributed by atoms with Crippen molar-refractivity contribution in [1.82, 2.24) is 0 Å². The van der Waals surface area contributed by atoms with Gasteiger partial charge in [0.05, 0.1) is 6.10 Å². The molecule has 0 aliphatic rings. The molecule has 0 spiro atoms. The third-order valence-electron chi connectivity index (χ3n) is 3.53. The van der Waals surface area contributed by atoms with E-state index in [2.05, 4.69) is 13.8 Å². The lowest BCUT2D eigenvalue weighted by molar-refractivity contribution is 0.156. The van der Waals surface area contributed by atoms with E-state index in [1.807, 2.05) is 6.92 Å². The van der Waals surface area contributed by atoms with Crippen molar-refractivity contribution in [2.75, 3.05) is 0 Å². The van der Waals surface area contributed by atoms with E-state index in [1.165, 1.54) is 51.4 Å². The normalized spacial score (nSPS) is 13.8. The number of halogens is 1. The zero-order chi connectivity index (χ0) is 13.9. The van der Waals surface area contributed by atoms with Gasteiger partial charge in [-0.1, -0.05) is 58.3 Å². The molecule has 0 aliphatic carbocycles. The van der Waals surface area contributed by atoms with Crippen LogP contribution in [0.2, 0.25) is 0 Å². The minimum absolute atomic E-state index is 0.0138. The third kappa shape index (κ3) is 14.3. The van der Waals surface area contributed by atoms with Crippen molar-refractivity contribution in [3.8, 4) is 0 Å². The van der Waals surface area contributed by atoms with Crippen molar-refractivity contribution in [1.29, 1.82) is 0 Å². The Bertz CT molecular complexity index is 174. The first-order valence-electron chi connectivity index (χ1n) is 7.82. The molecule has 1 nitrogen and oxygen atoms in total. The van der Waals surface area contributed by atoms with Gasteiger partial charge in [0.1, 0.15) is 0 Å². The van der Waals surface area contributed by atoms with Crippen LogP contribution in [0.4, 0.5) is 0 Å². The Kier molecular flexibility index (Phi) is 11.3. The Morgan fingerprint density at radius 1 is 0.889 bits per heavy atom. The summed E-state index contributed by atoms with van der Waals surface area (Å²) in [5.74, 6) is 0. The zero-order valence-corrected chi connectivity index (χ0v) is 13.4. The molecule has 0 radical (unpaired) electrons. The summed E-state index contributed by atoms with van der Waals surface area (Å²) in [6, 6.07) is 0. The van der Waals surface area contributed by atoms with E-state index in [1.54, 1.807) is 0 Å². The molecule has 1 N–H and O–H groups in total. The molecule has 1 unspecified atom stereocenters. The van der Waals surface area contributed by atoms with Crippen molar-refractivity contribution in [3.63, 3.8) is 0 Å². The summed E-state index contributed by atoms with van der Waals surface area (Å²) in [7, 11) is 0. The molecule has 0 aromatic carbocycles. The van der Waals surface area contributed by atoms with Gasteiger partial charge in [-0.05, 0) is 33.1 Å². The molecule has 0 aliphatic heterocycles. The predicted molar refractivity (Wildman–Crippen MR) is 82.4 cm³/mol. The highest BCUT2D eigenvalue weighted by Gasteiger charge is 2.11. The van der Waals surface area contributed by atoms with Gasteiger partial charge in [0, 0.05) is 4.87 Å². The van der Waals surface area contributed by atoms with E-state index in [0.717, 1.165) is 19.3 Å². The Balaban J connectivity index is 3.08. The van der Waals surface area contributed by atoms with Gasteiger partial charge < -0.3 is 5.11 Å². The topological polar surface area (TPSA) is 20.2 Å². The maximum Gasteiger partial charge on any atom is 0.0537 e.